The molecule has 0 fully saturated rings. The Balaban J connectivity index is 2.61. The lowest BCUT2D eigenvalue weighted by molar-refractivity contribution is -0.140. The van der Waals surface area contributed by atoms with Crippen LogP contribution in [-0.2, 0) is 25.5 Å². The largest absolute Gasteiger partial charge is 0.481 e. The number of rotatable bonds is 11. The molecule has 1 aromatic carbocycles. The Bertz CT molecular complexity index is 680. The van der Waals surface area contributed by atoms with Crippen LogP contribution in [0.4, 0.5) is 9.18 Å². The van der Waals surface area contributed by atoms with Gasteiger partial charge in [-0.15, -0.1) is 0 Å². The number of carbonyl (C=O) groups excluding carboxylic acids is 3. The van der Waals surface area contributed by atoms with Crippen molar-refractivity contribution in [3.05, 3.63) is 35.9 Å². The van der Waals surface area contributed by atoms with Crippen LogP contribution in [0.3, 0.4) is 0 Å². The summed E-state index contributed by atoms with van der Waals surface area (Å²) in [7, 11) is 0. The minimum atomic E-state index is -1.51. The fourth-order valence-corrected chi connectivity index (χ4v) is 2.38. The number of amides is 2. The lowest BCUT2D eigenvalue weighted by Gasteiger charge is -2.24. The molecule has 0 saturated heterocycles. The smallest absolute Gasteiger partial charge is 0.407 e. The van der Waals surface area contributed by atoms with Crippen molar-refractivity contribution in [2.45, 2.75) is 38.8 Å². The number of halogens is 1. The highest BCUT2D eigenvalue weighted by Gasteiger charge is 2.30. The molecule has 28 heavy (non-hydrogen) atoms. The number of Topliss-reactive ketones (excluding diaryl/α,β-unsaturated/α-hetero) is 1. The molecule has 0 bridgehead atoms. The van der Waals surface area contributed by atoms with Crippen LogP contribution in [0, 0.1) is 5.92 Å². The minimum Gasteiger partial charge on any atom is -0.481 e. The zero-order chi connectivity index (χ0) is 21.1. The van der Waals surface area contributed by atoms with Crippen LogP contribution in [0.1, 0.15) is 25.8 Å². The predicted octanol–water partition coefficient (Wildman–Crippen LogP) is 1.48. The van der Waals surface area contributed by atoms with Crippen molar-refractivity contribution < 1.29 is 33.4 Å². The molecule has 0 heterocycles. The van der Waals surface area contributed by atoms with E-state index in [1.807, 2.05) is 30.3 Å². The maximum Gasteiger partial charge on any atom is 0.407 e. The highest BCUT2D eigenvalue weighted by Crippen LogP contribution is 2.06. The molecule has 0 aliphatic heterocycles. The SMILES string of the molecule is CC(C)[C@H](NC(=O)OCCc1ccccc1)C(=O)N[C@@H](CC(=O)O)C(=O)CF. The predicted molar refractivity (Wildman–Crippen MR) is 98.4 cm³/mol. The first-order valence-corrected chi connectivity index (χ1v) is 8.82. The number of alkyl carbamates (subject to hydrolysis) is 1. The summed E-state index contributed by atoms with van der Waals surface area (Å²) in [5, 5.41) is 13.4. The molecule has 0 aliphatic rings. The van der Waals surface area contributed by atoms with Gasteiger partial charge in [-0.2, -0.15) is 0 Å². The fraction of sp³-hybridized carbons (Fsp3) is 0.474. The van der Waals surface area contributed by atoms with Crippen LogP contribution < -0.4 is 10.6 Å². The molecule has 0 unspecified atom stereocenters. The number of hydrogen-bond donors (Lipinski definition) is 3. The van der Waals surface area contributed by atoms with Gasteiger partial charge in [-0.25, -0.2) is 9.18 Å². The van der Waals surface area contributed by atoms with Crippen LogP contribution in [0.5, 0.6) is 0 Å². The van der Waals surface area contributed by atoms with Crippen LogP contribution >= 0.6 is 0 Å². The maximum absolute atomic E-state index is 12.6. The average molecular weight is 396 g/mol. The van der Waals surface area contributed by atoms with Crippen molar-refractivity contribution >= 4 is 23.8 Å². The van der Waals surface area contributed by atoms with E-state index in [1.54, 1.807) is 13.8 Å². The number of ketones is 1. The van der Waals surface area contributed by atoms with Crippen molar-refractivity contribution in [1.82, 2.24) is 10.6 Å². The lowest BCUT2D eigenvalue weighted by atomic mass is 10.0. The molecule has 154 valence electrons. The summed E-state index contributed by atoms with van der Waals surface area (Å²) < 4.78 is 17.7. The van der Waals surface area contributed by atoms with Gasteiger partial charge in [0.05, 0.1) is 13.0 Å². The van der Waals surface area contributed by atoms with Gasteiger partial charge in [0, 0.05) is 6.42 Å². The number of carbonyl (C=O) groups is 4. The van der Waals surface area contributed by atoms with Gasteiger partial charge < -0.3 is 20.5 Å². The highest BCUT2D eigenvalue weighted by molar-refractivity contribution is 5.94. The first-order chi connectivity index (χ1) is 13.2. The Hall–Kier alpha value is -2.97. The number of hydrogen-bond acceptors (Lipinski definition) is 5. The standard InChI is InChI=1S/C19H25FN2O6/c1-12(2)17(18(26)21-14(10-16(24)25)15(23)11-20)22-19(27)28-9-8-13-6-4-3-5-7-13/h3-7,12,14,17H,8-11H2,1-2H3,(H,21,26)(H,22,27)(H,24,25)/t14-,17-/m0/s1. The quantitative estimate of drug-likeness (QED) is 0.521. The minimum absolute atomic E-state index is 0.101. The Morgan fingerprint density at radius 1 is 1.11 bits per heavy atom. The van der Waals surface area contributed by atoms with E-state index in [-0.39, 0.29) is 12.5 Å². The molecule has 8 nitrogen and oxygen atoms in total. The second-order valence-corrected chi connectivity index (χ2v) is 6.50. The van der Waals surface area contributed by atoms with Crippen LogP contribution in [0.25, 0.3) is 0 Å². The summed E-state index contributed by atoms with van der Waals surface area (Å²) in [5.41, 5.74) is 0.981. The Morgan fingerprint density at radius 3 is 2.29 bits per heavy atom. The molecular weight excluding hydrogens is 371 g/mol. The molecule has 1 rings (SSSR count). The second-order valence-electron chi connectivity index (χ2n) is 6.50. The number of benzene rings is 1. The third-order valence-electron chi connectivity index (χ3n) is 3.90. The molecule has 0 aromatic heterocycles. The maximum atomic E-state index is 12.6. The van der Waals surface area contributed by atoms with E-state index in [4.69, 9.17) is 9.84 Å². The summed E-state index contributed by atoms with van der Waals surface area (Å²) in [6, 6.07) is 6.78. The monoisotopic (exact) mass is 396 g/mol. The molecule has 0 saturated carbocycles. The summed E-state index contributed by atoms with van der Waals surface area (Å²) >= 11 is 0. The molecule has 1 aromatic rings. The molecule has 0 radical (unpaired) electrons. The Labute approximate surface area is 162 Å². The van der Waals surface area contributed by atoms with E-state index >= 15 is 0 Å². The van der Waals surface area contributed by atoms with Crippen molar-refractivity contribution in [3.8, 4) is 0 Å². The van der Waals surface area contributed by atoms with Gasteiger partial charge in [-0.1, -0.05) is 44.2 Å². The van der Waals surface area contributed by atoms with Gasteiger partial charge in [0.2, 0.25) is 5.91 Å². The van der Waals surface area contributed by atoms with E-state index in [1.165, 1.54) is 0 Å². The van der Waals surface area contributed by atoms with Gasteiger partial charge in [0.15, 0.2) is 5.78 Å². The zero-order valence-electron chi connectivity index (χ0n) is 15.8. The van der Waals surface area contributed by atoms with Crippen molar-refractivity contribution in [2.75, 3.05) is 13.3 Å². The third kappa shape index (κ3) is 8.15. The first kappa shape index (κ1) is 23.1. The van der Waals surface area contributed by atoms with Crippen molar-refractivity contribution in [1.29, 1.82) is 0 Å². The van der Waals surface area contributed by atoms with Gasteiger partial charge in [-0.3, -0.25) is 14.4 Å². The number of carboxylic acids is 1. The molecule has 3 N–H and O–H groups in total. The van der Waals surface area contributed by atoms with E-state index in [2.05, 4.69) is 10.6 Å². The average Bonchev–Trinajstić information content (AvgIpc) is 2.65. The Kier molecular flexibility index (Phi) is 9.63. The van der Waals surface area contributed by atoms with E-state index in [9.17, 15) is 23.6 Å². The van der Waals surface area contributed by atoms with Gasteiger partial charge in [0.25, 0.3) is 0 Å². The number of carboxylic acid groups (broad SMARTS) is 1. The van der Waals surface area contributed by atoms with E-state index < -0.39 is 48.9 Å². The molecule has 0 aliphatic carbocycles. The number of aliphatic carboxylic acids is 1. The van der Waals surface area contributed by atoms with E-state index in [0.717, 1.165) is 5.56 Å². The van der Waals surface area contributed by atoms with Gasteiger partial charge in [0.1, 0.15) is 18.8 Å². The topological polar surface area (TPSA) is 122 Å². The van der Waals surface area contributed by atoms with Gasteiger partial charge in [-0.05, 0) is 11.5 Å². The second kappa shape index (κ2) is 11.7. The highest BCUT2D eigenvalue weighted by atomic mass is 19.1. The summed E-state index contributed by atoms with van der Waals surface area (Å²) in [6.07, 6.45) is -1.07. The first-order valence-electron chi connectivity index (χ1n) is 8.82. The molecule has 2 amide bonds. The lowest BCUT2D eigenvalue weighted by Crippen LogP contribution is -2.54. The summed E-state index contributed by atoms with van der Waals surface area (Å²) in [6.45, 7) is 2.00. The third-order valence-corrected chi connectivity index (χ3v) is 3.90. The fourth-order valence-electron chi connectivity index (χ4n) is 2.38. The zero-order valence-corrected chi connectivity index (χ0v) is 15.8. The summed E-state index contributed by atoms with van der Waals surface area (Å²) in [4.78, 5) is 46.7. The number of ether oxygens (including phenoxy) is 1. The Morgan fingerprint density at radius 2 is 1.75 bits per heavy atom. The molecule has 9 heteroatoms. The number of alkyl halides is 1. The van der Waals surface area contributed by atoms with Crippen LogP contribution in [-0.4, -0.2) is 54.2 Å². The van der Waals surface area contributed by atoms with Gasteiger partial charge >= 0.3 is 12.1 Å². The van der Waals surface area contributed by atoms with Crippen molar-refractivity contribution in [2.24, 2.45) is 5.92 Å². The summed E-state index contributed by atoms with van der Waals surface area (Å²) in [5.74, 6) is -3.58. The van der Waals surface area contributed by atoms with E-state index in [0.29, 0.717) is 6.42 Å². The number of nitrogens with one attached hydrogen (secondary N) is 2. The van der Waals surface area contributed by atoms with Crippen molar-refractivity contribution in [3.63, 3.8) is 0 Å². The van der Waals surface area contributed by atoms with Crippen LogP contribution in [0.2, 0.25) is 0 Å². The molecular formula is C19H25FN2O6. The molecule has 0 spiro atoms. The molecule has 2 atom stereocenters. The van der Waals surface area contributed by atoms with Crippen LogP contribution in [0.15, 0.2) is 30.3 Å². The normalized spacial score (nSPS) is 12.7.